The standard InChI is InChI=1S/C18H21N3O6S/c1-2-27-16(23)10-21-14-6-4-3-5-13(14)17(18(21)24)20-19-15(22)9-12-7-8-28(25,26)11-12/h3-6,12,24H,2,7-11H2,1H3/t12-/m1/s1. The van der Waals surface area contributed by atoms with E-state index >= 15 is 0 Å². The van der Waals surface area contributed by atoms with Crippen LogP contribution in [0.3, 0.4) is 0 Å². The minimum atomic E-state index is -3.07. The van der Waals surface area contributed by atoms with Gasteiger partial charge in [0.2, 0.25) is 5.88 Å². The van der Waals surface area contributed by atoms with Crippen LogP contribution in [-0.2, 0) is 30.7 Å². The van der Waals surface area contributed by atoms with Crippen molar-refractivity contribution in [3.63, 3.8) is 0 Å². The predicted octanol–water partition coefficient (Wildman–Crippen LogP) is 2.35. The number of carbonyl (C=O) groups excluding carboxylic acids is 2. The fourth-order valence-corrected chi connectivity index (χ4v) is 5.15. The molecule has 3 rings (SSSR count). The average molecular weight is 407 g/mol. The number of fused-ring (bicyclic) bond motifs is 1. The van der Waals surface area contributed by atoms with Gasteiger partial charge in [-0.25, -0.2) is 8.42 Å². The Bertz CT molecular complexity index is 1040. The van der Waals surface area contributed by atoms with Gasteiger partial charge in [0.25, 0.3) is 5.91 Å². The number of hydrogen-bond donors (Lipinski definition) is 1. The number of aromatic nitrogens is 1. The second-order valence-electron chi connectivity index (χ2n) is 6.65. The van der Waals surface area contributed by atoms with E-state index in [1.807, 2.05) is 0 Å². The number of carbonyl (C=O) groups is 2. The molecule has 2 aromatic rings. The van der Waals surface area contributed by atoms with Gasteiger partial charge in [0, 0.05) is 11.8 Å². The summed E-state index contributed by atoms with van der Waals surface area (Å²) in [5.41, 5.74) is 0.628. The fourth-order valence-electron chi connectivity index (χ4n) is 3.29. The SMILES string of the molecule is CCOC(=O)Cn1c(O)c(N=NC(=O)C[C@H]2CCS(=O)(=O)C2)c2ccccc21. The van der Waals surface area contributed by atoms with Gasteiger partial charge in [-0.15, -0.1) is 10.2 Å². The molecule has 1 aromatic carbocycles. The monoisotopic (exact) mass is 407 g/mol. The number of aromatic hydroxyl groups is 1. The number of rotatable bonds is 6. The van der Waals surface area contributed by atoms with Crippen molar-refractivity contribution in [3.05, 3.63) is 24.3 Å². The highest BCUT2D eigenvalue weighted by atomic mass is 32.2. The Morgan fingerprint density at radius 1 is 1.32 bits per heavy atom. The molecule has 0 radical (unpaired) electrons. The third-order valence-corrected chi connectivity index (χ3v) is 6.40. The van der Waals surface area contributed by atoms with E-state index in [1.165, 1.54) is 4.57 Å². The lowest BCUT2D eigenvalue weighted by Crippen LogP contribution is -2.12. The van der Waals surface area contributed by atoms with Crippen LogP contribution in [0.2, 0.25) is 0 Å². The Labute approximate surface area is 161 Å². The molecule has 1 aromatic heterocycles. The molecule has 150 valence electrons. The number of esters is 1. The van der Waals surface area contributed by atoms with E-state index in [0.717, 1.165) is 0 Å². The smallest absolute Gasteiger partial charge is 0.326 e. The van der Waals surface area contributed by atoms with Gasteiger partial charge in [-0.2, -0.15) is 0 Å². The molecule has 0 spiro atoms. The van der Waals surface area contributed by atoms with E-state index in [0.29, 0.717) is 17.3 Å². The number of hydrogen-bond acceptors (Lipinski definition) is 7. The molecule has 0 bridgehead atoms. The zero-order valence-electron chi connectivity index (χ0n) is 15.4. The molecule has 0 aliphatic carbocycles. The van der Waals surface area contributed by atoms with Crippen molar-refractivity contribution in [3.8, 4) is 5.88 Å². The lowest BCUT2D eigenvalue weighted by Gasteiger charge is -2.06. The Hall–Kier alpha value is -2.75. The highest BCUT2D eigenvalue weighted by molar-refractivity contribution is 7.91. The maximum atomic E-state index is 12.1. The molecule has 1 aliphatic rings. The van der Waals surface area contributed by atoms with Crippen molar-refractivity contribution in [2.75, 3.05) is 18.1 Å². The van der Waals surface area contributed by atoms with Gasteiger partial charge < -0.3 is 9.84 Å². The maximum Gasteiger partial charge on any atom is 0.326 e. The van der Waals surface area contributed by atoms with Gasteiger partial charge in [-0.05, 0) is 25.3 Å². The topological polar surface area (TPSA) is 127 Å². The second kappa shape index (κ2) is 8.09. The number of ether oxygens (including phenoxy) is 1. The normalized spacial score (nSPS) is 18.7. The third-order valence-electron chi connectivity index (χ3n) is 4.56. The second-order valence-corrected chi connectivity index (χ2v) is 8.88. The van der Waals surface area contributed by atoms with E-state index in [-0.39, 0.29) is 48.6 Å². The van der Waals surface area contributed by atoms with Crippen LogP contribution in [0.5, 0.6) is 5.88 Å². The first kappa shape index (κ1) is 20.0. The first-order valence-electron chi connectivity index (χ1n) is 8.91. The van der Waals surface area contributed by atoms with Crippen molar-refractivity contribution in [2.45, 2.75) is 26.3 Å². The zero-order chi connectivity index (χ0) is 20.3. The maximum absolute atomic E-state index is 12.1. The van der Waals surface area contributed by atoms with Gasteiger partial charge in [-0.3, -0.25) is 14.2 Å². The summed E-state index contributed by atoms with van der Waals surface area (Å²) in [5, 5.41) is 18.6. The number of sulfone groups is 1. The van der Waals surface area contributed by atoms with Gasteiger partial charge in [0.05, 0.1) is 23.6 Å². The molecule has 1 fully saturated rings. The molecule has 1 saturated heterocycles. The largest absolute Gasteiger partial charge is 0.493 e. The lowest BCUT2D eigenvalue weighted by molar-refractivity contribution is -0.143. The first-order chi connectivity index (χ1) is 13.3. The van der Waals surface area contributed by atoms with Crippen molar-refractivity contribution >= 4 is 38.3 Å². The molecule has 2 heterocycles. The molecular formula is C18H21N3O6S. The Balaban J connectivity index is 1.82. The number of benzene rings is 1. The van der Waals surface area contributed by atoms with Crippen LogP contribution in [-0.4, -0.2) is 48.1 Å². The number of azo groups is 1. The summed E-state index contributed by atoms with van der Waals surface area (Å²) >= 11 is 0. The van der Waals surface area contributed by atoms with Gasteiger partial charge in [0.1, 0.15) is 6.54 Å². The van der Waals surface area contributed by atoms with Crippen LogP contribution in [0.1, 0.15) is 19.8 Å². The van der Waals surface area contributed by atoms with Crippen molar-refractivity contribution in [1.82, 2.24) is 4.57 Å². The van der Waals surface area contributed by atoms with Crippen molar-refractivity contribution in [2.24, 2.45) is 16.1 Å². The van der Waals surface area contributed by atoms with E-state index in [4.69, 9.17) is 4.74 Å². The summed E-state index contributed by atoms with van der Waals surface area (Å²) in [6, 6.07) is 6.88. The molecule has 10 heteroatoms. The number of para-hydroxylation sites is 1. The summed E-state index contributed by atoms with van der Waals surface area (Å²) < 4.78 is 29.2. The molecule has 1 aliphatic heterocycles. The van der Waals surface area contributed by atoms with Crippen LogP contribution in [0.25, 0.3) is 10.9 Å². The van der Waals surface area contributed by atoms with E-state index < -0.39 is 21.7 Å². The fraction of sp³-hybridized carbons (Fsp3) is 0.444. The van der Waals surface area contributed by atoms with Gasteiger partial charge >= 0.3 is 5.97 Å². The van der Waals surface area contributed by atoms with Crippen LogP contribution < -0.4 is 0 Å². The summed E-state index contributed by atoms with van der Waals surface area (Å²) in [6.07, 6.45) is 0.429. The summed E-state index contributed by atoms with van der Waals surface area (Å²) in [7, 11) is -3.07. The average Bonchev–Trinajstić information content (AvgIpc) is 3.10. The lowest BCUT2D eigenvalue weighted by atomic mass is 10.1. The molecule has 0 saturated carbocycles. The van der Waals surface area contributed by atoms with Crippen LogP contribution in [0, 0.1) is 5.92 Å². The first-order valence-corrected chi connectivity index (χ1v) is 10.7. The van der Waals surface area contributed by atoms with Crippen LogP contribution in [0.4, 0.5) is 5.69 Å². The molecule has 1 amide bonds. The molecule has 0 unspecified atom stereocenters. The van der Waals surface area contributed by atoms with E-state index in [9.17, 15) is 23.1 Å². The van der Waals surface area contributed by atoms with Crippen LogP contribution in [0.15, 0.2) is 34.5 Å². The highest BCUT2D eigenvalue weighted by Gasteiger charge is 2.29. The van der Waals surface area contributed by atoms with Crippen LogP contribution >= 0.6 is 0 Å². The molecule has 28 heavy (non-hydrogen) atoms. The van der Waals surface area contributed by atoms with Crippen molar-refractivity contribution < 1.29 is 27.9 Å². The molecule has 1 atom stereocenters. The van der Waals surface area contributed by atoms with E-state index in [1.54, 1.807) is 31.2 Å². The number of nitrogens with zero attached hydrogens (tertiary/aromatic N) is 3. The zero-order valence-corrected chi connectivity index (χ0v) is 16.2. The van der Waals surface area contributed by atoms with E-state index in [2.05, 4.69) is 10.2 Å². The highest BCUT2D eigenvalue weighted by Crippen LogP contribution is 2.38. The molecule has 9 nitrogen and oxygen atoms in total. The minimum absolute atomic E-state index is 0.00897. The number of amides is 1. The van der Waals surface area contributed by atoms with Gasteiger partial charge in [0.15, 0.2) is 15.5 Å². The third kappa shape index (κ3) is 4.38. The Morgan fingerprint density at radius 2 is 2.07 bits per heavy atom. The minimum Gasteiger partial charge on any atom is -0.493 e. The molecule has 1 N–H and O–H groups in total. The van der Waals surface area contributed by atoms with Gasteiger partial charge in [-0.1, -0.05) is 18.2 Å². The quantitative estimate of drug-likeness (QED) is 0.578. The Morgan fingerprint density at radius 3 is 2.75 bits per heavy atom. The Kier molecular flexibility index (Phi) is 5.78. The predicted molar refractivity (Wildman–Crippen MR) is 101 cm³/mol. The molecular weight excluding hydrogens is 386 g/mol. The van der Waals surface area contributed by atoms with Crippen molar-refractivity contribution in [1.29, 1.82) is 0 Å². The summed E-state index contributed by atoms with van der Waals surface area (Å²) in [5.74, 6) is -1.54. The summed E-state index contributed by atoms with van der Waals surface area (Å²) in [4.78, 5) is 23.9. The summed E-state index contributed by atoms with van der Waals surface area (Å²) in [6.45, 7) is 1.70.